The van der Waals surface area contributed by atoms with Crippen LogP contribution in [0.4, 0.5) is 0 Å². The summed E-state index contributed by atoms with van der Waals surface area (Å²) in [6, 6.07) is 13.5. The van der Waals surface area contributed by atoms with Crippen LogP contribution in [0.1, 0.15) is 11.1 Å². The topological polar surface area (TPSA) is 49.7 Å². The summed E-state index contributed by atoms with van der Waals surface area (Å²) in [4.78, 5) is 1.18. The average Bonchev–Trinajstić information content (AvgIpc) is 2.44. The van der Waals surface area contributed by atoms with Crippen LogP contribution in [0, 0.1) is 6.92 Å². The van der Waals surface area contributed by atoms with Crippen molar-refractivity contribution in [3.05, 3.63) is 53.6 Å². The largest absolute Gasteiger partial charge is 0.496 e. The Hall–Kier alpha value is -1.43. The van der Waals surface area contributed by atoms with E-state index in [2.05, 4.69) is 25.1 Å². The lowest BCUT2D eigenvalue weighted by Crippen LogP contribution is -2.30. The Labute approximate surface area is 123 Å². The van der Waals surface area contributed by atoms with Gasteiger partial charge in [0.1, 0.15) is 5.75 Å². The van der Waals surface area contributed by atoms with Crippen LogP contribution in [-0.2, 0) is 5.75 Å². The molecule has 0 spiro atoms. The van der Waals surface area contributed by atoms with Gasteiger partial charge in [0.05, 0.1) is 7.11 Å². The SMILES string of the molecule is COc1ccc(B(O)O)cc1CSc1cccc(C)c1. The fourth-order valence-electron chi connectivity index (χ4n) is 1.94. The molecule has 0 aliphatic carbocycles. The van der Waals surface area contributed by atoms with Crippen LogP contribution in [-0.4, -0.2) is 24.3 Å². The van der Waals surface area contributed by atoms with Gasteiger partial charge in [0.2, 0.25) is 0 Å². The van der Waals surface area contributed by atoms with Crippen molar-refractivity contribution < 1.29 is 14.8 Å². The summed E-state index contributed by atoms with van der Waals surface area (Å²) in [6.07, 6.45) is 0. The minimum absolute atomic E-state index is 0.477. The summed E-state index contributed by atoms with van der Waals surface area (Å²) < 4.78 is 5.32. The first-order valence-corrected chi connectivity index (χ1v) is 7.31. The second-order valence-electron chi connectivity index (χ2n) is 4.55. The van der Waals surface area contributed by atoms with Gasteiger partial charge in [-0.3, -0.25) is 0 Å². The Bertz CT molecular complexity index is 587. The normalized spacial score (nSPS) is 10.4. The van der Waals surface area contributed by atoms with Gasteiger partial charge in [0, 0.05) is 16.2 Å². The third-order valence-corrected chi connectivity index (χ3v) is 4.03. The van der Waals surface area contributed by atoms with Crippen LogP contribution in [0.3, 0.4) is 0 Å². The molecule has 0 saturated carbocycles. The summed E-state index contributed by atoms with van der Waals surface area (Å²) >= 11 is 1.69. The van der Waals surface area contributed by atoms with Crippen molar-refractivity contribution in [2.75, 3.05) is 7.11 Å². The van der Waals surface area contributed by atoms with Gasteiger partial charge in [-0.1, -0.05) is 29.8 Å². The Morgan fingerprint density at radius 3 is 2.60 bits per heavy atom. The van der Waals surface area contributed by atoms with Crippen LogP contribution in [0.15, 0.2) is 47.4 Å². The number of hydrogen-bond donors (Lipinski definition) is 2. The molecule has 5 heteroatoms. The third kappa shape index (κ3) is 3.79. The molecule has 0 heterocycles. The van der Waals surface area contributed by atoms with E-state index in [0.717, 1.165) is 11.3 Å². The predicted octanol–water partition coefficient (Wildman–Crippen LogP) is 1.98. The summed E-state index contributed by atoms with van der Waals surface area (Å²) in [6.45, 7) is 2.06. The average molecular weight is 288 g/mol. The molecule has 0 aliphatic rings. The Balaban J connectivity index is 2.17. The van der Waals surface area contributed by atoms with Crippen molar-refractivity contribution in [3.8, 4) is 5.75 Å². The van der Waals surface area contributed by atoms with Gasteiger partial charge in [-0.25, -0.2) is 0 Å². The van der Waals surface area contributed by atoms with Crippen molar-refractivity contribution in [1.29, 1.82) is 0 Å². The predicted molar refractivity (Wildman–Crippen MR) is 83.6 cm³/mol. The van der Waals surface area contributed by atoms with E-state index in [1.165, 1.54) is 10.5 Å². The van der Waals surface area contributed by atoms with Crippen molar-refractivity contribution in [3.63, 3.8) is 0 Å². The highest BCUT2D eigenvalue weighted by Crippen LogP contribution is 2.27. The standard InChI is InChI=1S/C15H17BO3S/c1-11-4-3-5-14(8-11)20-10-12-9-13(16(17)18)6-7-15(12)19-2/h3-9,17-18H,10H2,1-2H3. The maximum absolute atomic E-state index is 9.24. The first-order valence-electron chi connectivity index (χ1n) is 6.32. The van der Waals surface area contributed by atoms with Gasteiger partial charge in [0.25, 0.3) is 0 Å². The molecule has 2 rings (SSSR count). The highest BCUT2D eigenvalue weighted by Gasteiger charge is 2.14. The van der Waals surface area contributed by atoms with Crippen LogP contribution in [0.25, 0.3) is 0 Å². The van der Waals surface area contributed by atoms with Gasteiger partial charge in [-0.15, -0.1) is 11.8 Å². The van der Waals surface area contributed by atoms with E-state index in [4.69, 9.17) is 4.74 Å². The summed E-state index contributed by atoms with van der Waals surface area (Å²) in [5, 5.41) is 18.5. The monoisotopic (exact) mass is 288 g/mol. The zero-order valence-electron chi connectivity index (χ0n) is 11.5. The van der Waals surface area contributed by atoms with Crippen molar-refractivity contribution >= 4 is 24.3 Å². The van der Waals surface area contributed by atoms with E-state index in [-0.39, 0.29) is 0 Å². The first-order chi connectivity index (χ1) is 9.60. The number of benzene rings is 2. The Morgan fingerprint density at radius 1 is 1.15 bits per heavy atom. The number of ether oxygens (including phenoxy) is 1. The fraction of sp³-hybridized carbons (Fsp3) is 0.200. The Kier molecular flexibility index (Phi) is 5.12. The molecule has 0 bridgehead atoms. The van der Waals surface area contributed by atoms with Crippen LogP contribution >= 0.6 is 11.8 Å². The molecule has 0 unspecified atom stereocenters. The number of rotatable bonds is 5. The lowest BCUT2D eigenvalue weighted by molar-refractivity contribution is 0.410. The highest BCUT2D eigenvalue weighted by atomic mass is 32.2. The molecule has 0 aromatic heterocycles. The van der Waals surface area contributed by atoms with Crippen LogP contribution < -0.4 is 10.2 Å². The van der Waals surface area contributed by atoms with E-state index < -0.39 is 7.12 Å². The van der Waals surface area contributed by atoms with E-state index in [0.29, 0.717) is 11.2 Å². The number of hydrogen-bond acceptors (Lipinski definition) is 4. The smallest absolute Gasteiger partial charge is 0.488 e. The molecule has 0 fully saturated rings. The number of thioether (sulfide) groups is 1. The van der Waals surface area contributed by atoms with Crippen molar-refractivity contribution in [1.82, 2.24) is 0 Å². The lowest BCUT2D eigenvalue weighted by Gasteiger charge is -2.10. The number of aryl methyl sites for hydroxylation is 1. The van der Waals surface area contributed by atoms with Crippen LogP contribution in [0.5, 0.6) is 5.75 Å². The molecule has 20 heavy (non-hydrogen) atoms. The summed E-state index contributed by atoms with van der Waals surface area (Å²) in [7, 11) is 0.161. The maximum Gasteiger partial charge on any atom is 0.488 e. The molecule has 3 nitrogen and oxygen atoms in total. The van der Waals surface area contributed by atoms with Crippen molar-refractivity contribution in [2.45, 2.75) is 17.6 Å². The molecular weight excluding hydrogens is 271 g/mol. The molecule has 2 aromatic carbocycles. The van der Waals surface area contributed by atoms with Gasteiger partial charge in [-0.05, 0) is 30.6 Å². The fourth-order valence-corrected chi connectivity index (χ4v) is 2.93. The molecule has 0 atom stereocenters. The minimum atomic E-state index is -1.45. The Morgan fingerprint density at radius 2 is 1.95 bits per heavy atom. The van der Waals surface area contributed by atoms with Gasteiger partial charge in [0.15, 0.2) is 0 Å². The summed E-state index contributed by atoms with van der Waals surface area (Å²) in [5.41, 5.74) is 2.65. The second kappa shape index (κ2) is 6.84. The molecule has 104 valence electrons. The van der Waals surface area contributed by atoms with Gasteiger partial charge >= 0.3 is 7.12 Å². The quantitative estimate of drug-likeness (QED) is 0.652. The minimum Gasteiger partial charge on any atom is -0.496 e. The molecule has 0 aliphatic heterocycles. The molecular formula is C15H17BO3S. The third-order valence-electron chi connectivity index (χ3n) is 2.99. The van der Waals surface area contributed by atoms with E-state index >= 15 is 0 Å². The van der Waals surface area contributed by atoms with Gasteiger partial charge in [-0.2, -0.15) is 0 Å². The first kappa shape index (κ1) is 15.0. The van der Waals surface area contributed by atoms with E-state index in [9.17, 15) is 10.0 Å². The van der Waals surface area contributed by atoms with Crippen molar-refractivity contribution in [2.24, 2.45) is 0 Å². The second-order valence-corrected chi connectivity index (χ2v) is 5.60. The van der Waals surface area contributed by atoms with E-state index in [1.807, 2.05) is 6.07 Å². The zero-order chi connectivity index (χ0) is 14.5. The van der Waals surface area contributed by atoms with Gasteiger partial charge < -0.3 is 14.8 Å². The maximum atomic E-state index is 9.24. The summed E-state index contributed by atoms with van der Waals surface area (Å²) in [5.74, 6) is 1.47. The van der Waals surface area contributed by atoms with Crippen LogP contribution in [0.2, 0.25) is 0 Å². The highest BCUT2D eigenvalue weighted by molar-refractivity contribution is 7.98. The molecule has 0 saturated heterocycles. The number of methoxy groups -OCH3 is 1. The molecule has 2 N–H and O–H groups in total. The molecule has 0 radical (unpaired) electrons. The molecule has 0 amide bonds. The molecule has 2 aromatic rings. The zero-order valence-corrected chi connectivity index (χ0v) is 12.4. The van der Waals surface area contributed by atoms with E-state index in [1.54, 1.807) is 37.1 Å². The lowest BCUT2D eigenvalue weighted by atomic mass is 9.79.